The van der Waals surface area contributed by atoms with E-state index in [2.05, 4.69) is 40.2 Å². The molecule has 1 nitrogen and oxygen atoms in total. The van der Waals surface area contributed by atoms with E-state index in [-0.39, 0.29) is 0 Å². The first-order valence-electron chi connectivity index (χ1n) is 6.58. The topological polar surface area (TPSA) is 20.2 Å². The summed E-state index contributed by atoms with van der Waals surface area (Å²) < 4.78 is 1.02. The van der Waals surface area contributed by atoms with Gasteiger partial charge in [-0.3, -0.25) is 0 Å². The number of aryl methyl sites for hydroxylation is 1. The number of halogens is 1. The van der Waals surface area contributed by atoms with Gasteiger partial charge in [-0.1, -0.05) is 64.5 Å². The third-order valence-corrected chi connectivity index (χ3v) is 4.18. The second-order valence-electron chi connectivity index (χ2n) is 4.97. The van der Waals surface area contributed by atoms with Crippen LogP contribution in [0.15, 0.2) is 65.1 Å². The lowest BCUT2D eigenvalue weighted by atomic mass is 9.92. The smallest absolute Gasteiger partial charge is 0.105 e. The molecule has 100 valence electrons. The monoisotopic (exact) mass is 326 g/mol. The van der Waals surface area contributed by atoms with Crippen molar-refractivity contribution in [2.24, 2.45) is 0 Å². The van der Waals surface area contributed by atoms with Crippen LogP contribution in [0.5, 0.6) is 0 Å². The van der Waals surface area contributed by atoms with Crippen molar-refractivity contribution in [3.63, 3.8) is 0 Å². The van der Waals surface area contributed by atoms with Gasteiger partial charge in [0.15, 0.2) is 0 Å². The molecule has 3 aromatic carbocycles. The minimum absolute atomic E-state index is 0.603. The summed E-state index contributed by atoms with van der Waals surface area (Å²) in [5, 5.41) is 13.0. The number of aliphatic hydroxyl groups is 1. The molecule has 2 heteroatoms. The summed E-state index contributed by atoms with van der Waals surface area (Å²) in [5.41, 5.74) is 3.01. The van der Waals surface area contributed by atoms with Gasteiger partial charge in [0.2, 0.25) is 0 Å². The number of fused-ring (bicyclic) bond motifs is 1. The summed E-state index contributed by atoms with van der Waals surface area (Å²) in [4.78, 5) is 0. The van der Waals surface area contributed by atoms with E-state index in [1.165, 1.54) is 0 Å². The minimum Gasteiger partial charge on any atom is -0.384 e. The highest BCUT2D eigenvalue weighted by atomic mass is 79.9. The van der Waals surface area contributed by atoms with E-state index in [9.17, 15) is 5.11 Å². The second kappa shape index (κ2) is 5.39. The third-order valence-electron chi connectivity index (χ3n) is 3.65. The molecule has 3 aromatic rings. The van der Waals surface area contributed by atoms with Crippen LogP contribution in [0.3, 0.4) is 0 Å². The van der Waals surface area contributed by atoms with E-state index in [0.29, 0.717) is 0 Å². The zero-order valence-corrected chi connectivity index (χ0v) is 12.8. The SMILES string of the molecule is Cc1ccc2ccccc2c1C(O)c1ccc(Br)cc1. The molecule has 0 amide bonds. The lowest BCUT2D eigenvalue weighted by Gasteiger charge is -2.17. The van der Waals surface area contributed by atoms with Crippen LogP contribution in [0.2, 0.25) is 0 Å². The predicted octanol–water partition coefficient (Wildman–Crippen LogP) is 4.99. The van der Waals surface area contributed by atoms with Crippen LogP contribution in [-0.2, 0) is 0 Å². The van der Waals surface area contributed by atoms with Crippen LogP contribution in [0.1, 0.15) is 22.8 Å². The van der Waals surface area contributed by atoms with E-state index in [1.54, 1.807) is 0 Å². The van der Waals surface area contributed by atoms with Gasteiger partial charge in [-0.2, -0.15) is 0 Å². The molecule has 20 heavy (non-hydrogen) atoms. The molecule has 0 aliphatic carbocycles. The van der Waals surface area contributed by atoms with Crippen molar-refractivity contribution in [2.45, 2.75) is 13.0 Å². The summed E-state index contributed by atoms with van der Waals surface area (Å²) in [7, 11) is 0. The molecule has 1 N–H and O–H groups in total. The first-order chi connectivity index (χ1) is 9.66. The van der Waals surface area contributed by atoms with Gasteiger partial charge in [-0.05, 0) is 46.5 Å². The van der Waals surface area contributed by atoms with Crippen molar-refractivity contribution in [3.05, 3.63) is 81.8 Å². The Morgan fingerprint density at radius 1 is 0.900 bits per heavy atom. The van der Waals surface area contributed by atoms with Crippen LogP contribution in [-0.4, -0.2) is 5.11 Å². The van der Waals surface area contributed by atoms with Crippen molar-refractivity contribution in [3.8, 4) is 0 Å². The molecule has 1 unspecified atom stereocenters. The van der Waals surface area contributed by atoms with E-state index >= 15 is 0 Å². The highest BCUT2D eigenvalue weighted by molar-refractivity contribution is 9.10. The maximum absolute atomic E-state index is 10.7. The van der Waals surface area contributed by atoms with E-state index in [1.807, 2.05) is 43.3 Å². The molecule has 0 bridgehead atoms. The molecule has 1 atom stereocenters. The Morgan fingerprint density at radius 2 is 1.60 bits per heavy atom. The molecule has 0 fully saturated rings. The van der Waals surface area contributed by atoms with Crippen molar-refractivity contribution < 1.29 is 5.11 Å². The van der Waals surface area contributed by atoms with Gasteiger partial charge in [-0.25, -0.2) is 0 Å². The van der Waals surface area contributed by atoms with Crippen molar-refractivity contribution in [1.82, 2.24) is 0 Å². The van der Waals surface area contributed by atoms with Crippen LogP contribution < -0.4 is 0 Å². The average molecular weight is 327 g/mol. The predicted molar refractivity (Wildman–Crippen MR) is 86.9 cm³/mol. The molecule has 0 aromatic heterocycles. The van der Waals surface area contributed by atoms with Gasteiger partial charge >= 0.3 is 0 Å². The first-order valence-corrected chi connectivity index (χ1v) is 7.38. The quantitative estimate of drug-likeness (QED) is 0.703. The minimum atomic E-state index is -0.603. The van der Waals surface area contributed by atoms with Gasteiger partial charge in [-0.15, -0.1) is 0 Å². The largest absolute Gasteiger partial charge is 0.384 e. The number of benzene rings is 3. The maximum Gasteiger partial charge on any atom is 0.105 e. The molecule has 0 saturated carbocycles. The average Bonchev–Trinajstić information content (AvgIpc) is 2.47. The summed E-state index contributed by atoms with van der Waals surface area (Å²) in [6, 6.07) is 20.2. The van der Waals surface area contributed by atoms with E-state index in [0.717, 1.165) is 31.9 Å². The lowest BCUT2D eigenvalue weighted by Crippen LogP contribution is -2.03. The van der Waals surface area contributed by atoms with E-state index < -0.39 is 6.10 Å². The third kappa shape index (κ3) is 2.37. The Morgan fingerprint density at radius 3 is 2.35 bits per heavy atom. The standard InChI is InChI=1S/C18H15BrO/c1-12-6-7-13-4-2-3-5-16(13)17(12)18(20)14-8-10-15(19)11-9-14/h2-11,18,20H,1H3. The zero-order chi connectivity index (χ0) is 14.1. The summed E-state index contributed by atoms with van der Waals surface area (Å²) >= 11 is 3.42. The molecule has 3 rings (SSSR count). The van der Waals surface area contributed by atoms with Crippen molar-refractivity contribution in [2.75, 3.05) is 0 Å². The molecular formula is C18H15BrO. The number of hydrogen-bond acceptors (Lipinski definition) is 1. The highest BCUT2D eigenvalue weighted by Crippen LogP contribution is 2.32. The fourth-order valence-corrected chi connectivity index (χ4v) is 2.84. The normalized spacial score (nSPS) is 12.6. The molecule has 0 aliphatic heterocycles. The fraction of sp³-hybridized carbons (Fsp3) is 0.111. The van der Waals surface area contributed by atoms with Gasteiger partial charge in [0.25, 0.3) is 0 Å². The Kier molecular flexibility index (Phi) is 3.60. The Bertz CT molecular complexity index is 747. The molecule has 0 radical (unpaired) electrons. The summed E-state index contributed by atoms with van der Waals surface area (Å²) in [5.74, 6) is 0. The second-order valence-corrected chi connectivity index (χ2v) is 5.89. The van der Waals surface area contributed by atoms with Crippen LogP contribution in [0, 0.1) is 6.92 Å². The highest BCUT2D eigenvalue weighted by Gasteiger charge is 2.15. The van der Waals surface area contributed by atoms with Gasteiger partial charge in [0.05, 0.1) is 0 Å². The van der Waals surface area contributed by atoms with Crippen molar-refractivity contribution in [1.29, 1.82) is 0 Å². The Hall–Kier alpha value is -1.64. The van der Waals surface area contributed by atoms with Gasteiger partial charge in [0, 0.05) is 4.47 Å². The summed E-state index contributed by atoms with van der Waals surface area (Å²) in [6.07, 6.45) is -0.603. The fourth-order valence-electron chi connectivity index (χ4n) is 2.58. The lowest BCUT2D eigenvalue weighted by molar-refractivity contribution is 0.221. The molecular weight excluding hydrogens is 312 g/mol. The zero-order valence-electron chi connectivity index (χ0n) is 11.2. The van der Waals surface area contributed by atoms with Crippen LogP contribution >= 0.6 is 15.9 Å². The first kappa shape index (κ1) is 13.3. The van der Waals surface area contributed by atoms with Crippen LogP contribution in [0.4, 0.5) is 0 Å². The number of hydrogen-bond donors (Lipinski definition) is 1. The number of rotatable bonds is 2. The molecule has 0 heterocycles. The maximum atomic E-state index is 10.7. The number of aliphatic hydroxyl groups excluding tert-OH is 1. The molecule has 0 saturated heterocycles. The Balaban J connectivity index is 2.18. The molecule has 0 aliphatic rings. The van der Waals surface area contributed by atoms with Crippen LogP contribution in [0.25, 0.3) is 10.8 Å². The summed E-state index contributed by atoms with van der Waals surface area (Å²) in [6.45, 7) is 2.05. The van der Waals surface area contributed by atoms with E-state index in [4.69, 9.17) is 0 Å². The Labute approximate surface area is 127 Å². The molecule has 0 spiro atoms. The van der Waals surface area contributed by atoms with Crippen molar-refractivity contribution >= 4 is 26.7 Å². The van der Waals surface area contributed by atoms with Gasteiger partial charge < -0.3 is 5.11 Å². The van der Waals surface area contributed by atoms with Gasteiger partial charge in [0.1, 0.15) is 6.10 Å².